The lowest BCUT2D eigenvalue weighted by atomic mass is 9.97. The van der Waals surface area contributed by atoms with E-state index >= 15 is 0 Å². The Labute approximate surface area is 169 Å². The number of rotatable bonds is 6. The normalized spacial score (nSPS) is 12.4. The number of phenols is 1. The third-order valence-corrected chi connectivity index (χ3v) is 5.43. The second-order valence-corrected chi connectivity index (χ2v) is 7.66. The number of hydrogen-bond donors (Lipinski definition) is 1. The van der Waals surface area contributed by atoms with E-state index in [0.717, 1.165) is 24.1 Å². The Morgan fingerprint density at radius 1 is 1.00 bits per heavy atom. The fourth-order valence-corrected chi connectivity index (χ4v) is 3.61. The van der Waals surface area contributed by atoms with E-state index in [1.54, 1.807) is 6.21 Å². The fourth-order valence-electron chi connectivity index (χ4n) is 3.09. The van der Waals surface area contributed by atoms with Crippen molar-refractivity contribution in [2.75, 3.05) is 0 Å². The maximum atomic E-state index is 10.5. The third-order valence-electron chi connectivity index (χ3n) is 4.83. The van der Waals surface area contributed by atoms with Crippen LogP contribution in [0, 0.1) is 0 Å². The number of aromatic hydroxyl groups is 1. The van der Waals surface area contributed by atoms with Gasteiger partial charge in [-0.3, -0.25) is 4.99 Å². The zero-order chi connectivity index (χ0) is 19.2. The summed E-state index contributed by atoms with van der Waals surface area (Å²) in [6, 6.07) is 22.5. The Hall–Kier alpha value is -2.39. The maximum Gasteiger partial charge on any atom is 0.138 e. The van der Waals surface area contributed by atoms with Crippen LogP contribution in [0.15, 0.2) is 76.2 Å². The fraction of sp³-hybridized carbons (Fsp3) is 0.208. The number of aliphatic imine (C=N–C) groups is 1. The smallest absolute Gasteiger partial charge is 0.138 e. The van der Waals surface area contributed by atoms with Crippen LogP contribution in [-0.2, 0) is 6.42 Å². The summed E-state index contributed by atoms with van der Waals surface area (Å²) < 4.78 is 0.688. The van der Waals surface area contributed by atoms with Gasteiger partial charge in [0.25, 0.3) is 0 Å². The van der Waals surface area contributed by atoms with Gasteiger partial charge in [-0.15, -0.1) is 0 Å². The molecule has 0 aliphatic carbocycles. The summed E-state index contributed by atoms with van der Waals surface area (Å²) in [5, 5.41) is 10.5. The first kappa shape index (κ1) is 19.4. The molecule has 1 unspecified atom stereocenters. The monoisotopic (exact) mass is 421 g/mol. The molecule has 0 bridgehead atoms. The van der Waals surface area contributed by atoms with E-state index in [4.69, 9.17) is 0 Å². The Balaban J connectivity index is 1.92. The van der Waals surface area contributed by atoms with Crippen molar-refractivity contribution in [3.05, 3.63) is 93.5 Å². The molecule has 0 aromatic heterocycles. The van der Waals surface area contributed by atoms with Crippen LogP contribution in [-0.4, -0.2) is 11.3 Å². The van der Waals surface area contributed by atoms with Crippen LogP contribution in [0.25, 0.3) is 0 Å². The van der Waals surface area contributed by atoms with Gasteiger partial charge in [0.2, 0.25) is 0 Å². The van der Waals surface area contributed by atoms with E-state index in [9.17, 15) is 5.11 Å². The molecule has 3 aromatic rings. The molecule has 3 aromatic carbocycles. The summed E-state index contributed by atoms with van der Waals surface area (Å²) in [6.07, 6.45) is 3.63. The zero-order valence-electron chi connectivity index (χ0n) is 15.7. The van der Waals surface area contributed by atoms with Crippen molar-refractivity contribution in [3.8, 4) is 5.75 Å². The second kappa shape index (κ2) is 9.01. The summed E-state index contributed by atoms with van der Waals surface area (Å²) >= 11 is 3.47. The molecule has 0 radical (unpaired) electrons. The van der Waals surface area contributed by atoms with Gasteiger partial charge in [0, 0.05) is 11.8 Å². The molecule has 1 N–H and O–H groups in total. The molecule has 0 aliphatic heterocycles. The highest BCUT2D eigenvalue weighted by Crippen LogP contribution is 2.32. The molecule has 0 aliphatic rings. The molecule has 0 heterocycles. The minimum absolute atomic E-state index is 0.219. The van der Waals surface area contributed by atoms with Gasteiger partial charge in [0.1, 0.15) is 5.75 Å². The Morgan fingerprint density at radius 2 is 1.70 bits per heavy atom. The summed E-state index contributed by atoms with van der Waals surface area (Å²) in [7, 11) is 0. The van der Waals surface area contributed by atoms with Crippen LogP contribution < -0.4 is 0 Å². The highest BCUT2D eigenvalue weighted by atomic mass is 79.9. The van der Waals surface area contributed by atoms with Gasteiger partial charge < -0.3 is 5.11 Å². The van der Waals surface area contributed by atoms with Crippen molar-refractivity contribution in [3.63, 3.8) is 0 Å². The van der Waals surface area contributed by atoms with E-state index in [-0.39, 0.29) is 5.75 Å². The average molecular weight is 422 g/mol. The lowest BCUT2D eigenvalue weighted by Gasteiger charge is -2.12. The van der Waals surface area contributed by atoms with Gasteiger partial charge in [0.05, 0.1) is 10.2 Å². The molecule has 0 amide bonds. The van der Waals surface area contributed by atoms with Crippen molar-refractivity contribution in [1.29, 1.82) is 0 Å². The van der Waals surface area contributed by atoms with Crippen LogP contribution in [0.1, 0.15) is 48.4 Å². The number of hydrogen-bond acceptors (Lipinski definition) is 2. The second-order valence-electron chi connectivity index (χ2n) is 6.80. The number of para-hydroxylation sites is 1. The van der Waals surface area contributed by atoms with Crippen LogP contribution in [0.2, 0.25) is 0 Å². The van der Waals surface area contributed by atoms with Crippen molar-refractivity contribution < 1.29 is 5.11 Å². The summed E-state index contributed by atoms with van der Waals surface area (Å²) in [5.74, 6) is 0.666. The summed E-state index contributed by atoms with van der Waals surface area (Å²) in [4.78, 5) is 4.69. The molecule has 27 heavy (non-hydrogen) atoms. The summed E-state index contributed by atoms with van der Waals surface area (Å²) in [6.45, 7) is 4.39. The van der Waals surface area contributed by atoms with E-state index in [0.29, 0.717) is 16.0 Å². The molecule has 138 valence electrons. The van der Waals surface area contributed by atoms with Gasteiger partial charge >= 0.3 is 0 Å². The quantitative estimate of drug-likeness (QED) is 0.426. The topological polar surface area (TPSA) is 32.6 Å². The van der Waals surface area contributed by atoms with Gasteiger partial charge in [-0.2, -0.15) is 0 Å². The SMILES string of the molecule is CCC(C)c1ccccc1N=Cc1cc(Cc2ccccc2)cc(Br)c1O. The summed E-state index contributed by atoms with van der Waals surface area (Å²) in [5.41, 5.74) is 5.27. The van der Waals surface area contributed by atoms with E-state index in [1.165, 1.54) is 11.1 Å². The molecule has 2 nitrogen and oxygen atoms in total. The average Bonchev–Trinajstić information content (AvgIpc) is 2.70. The van der Waals surface area contributed by atoms with Crippen molar-refractivity contribution >= 4 is 27.8 Å². The number of benzene rings is 3. The van der Waals surface area contributed by atoms with Gasteiger partial charge in [-0.05, 0) is 69.6 Å². The third kappa shape index (κ3) is 4.86. The van der Waals surface area contributed by atoms with Crippen molar-refractivity contribution in [2.24, 2.45) is 4.99 Å². The van der Waals surface area contributed by atoms with Crippen LogP contribution in [0.3, 0.4) is 0 Å². The predicted molar refractivity (Wildman–Crippen MR) is 117 cm³/mol. The van der Waals surface area contributed by atoms with E-state index in [2.05, 4.69) is 59.0 Å². The minimum Gasteiger partial charge on any atom is -0.506 e. The van der Waals surface area contributed by atoms with Gasteiger partial charge in [-0.1, -0.05) is 62.4 Å². The maximum absolute atomic E-state index is 10.5. The number of halogens is 1. The van der Waals surface area contributed by atoms with E-state index < -0.39 is 0 Å². The first-order valence-electron chi connectivity index (χ1n) is 9.26. The Kier molecular flexibility index (Phi) is 6.46. The van der Waals surface area contributed by atoms with Crippen molar-refractivity contribution in [1.82, 2.24) is 0 Å². The highest BCUT2D eigenvalue weighted by molar-refractivity contribution is 9.10. The Bertz CT molecular complexity index is 934. The van der Waals surface area contributed by atoms with Crippen molar-refractivity contribution in [2.45, 2.75) is 32.6 Å². The molecule has 0 spiro atoms. The molecule has 1 atom stereocenters. The first-order valence-corrected chi connectivity index (χ1v) is 10.1. The lowest BCUT2D eigenvalue weighted by Crippen LogP contribution is -1.94. The van der Waals surface area contributed by atoms with Crippen LogP contribution in [0.4, 0.5) is 5.69 Å². The van der Waals surface area contributed by atoms with Gasteiger partial charge in [0.15, 0.2) is 0 Å². The standard InChI is InChI=1S/C24H24BrNO/c1-3-17(2)21-11-7-8-12-23(21)26-16-20-14-19(15-22(25)24(20)27)13-18-9-5-4-6-10-18/h4-12,14-17,27H,3,13H2,1-2H3. The number of nitrogens with zero attached hydrogens (tertiary/aromatic N) is 1. The molecule has 0 saturated heterocycles. The molecular weight excluding hydrogens is 398 g/mol. The molecule has 0 fully saturated rings. The minimum atomic E-state index is 0.219. The first-order chi connectivity index (χ1) is 13.1. The largest absolute Gasteiger partial charge is 0.506 e. The predicted octanol–water partition coefficient (Wildman–Crippen LogP) is 7.01. The molecule has 3 heteroatoms. The zero-order valence-corrected chi connectivity index (χ0v) is 17.3. The lowest BCUT2D eigenvalue weighted by molar-refractivity contribution is 0.471. The van der Waals surface area contributed by atoms with Crippen LogP contribution in [0.5, 0.6) is 5.75 Å². The van der Waals surface area contributed by atoms with E-state index in [1.807, 2.05) is 42.5 Å². The molecule has 3 rings (SSSR count). The highest BCUT2D eigenvalue weighted by Gasteiger charge is 2.10. The molecular formula is C24H24BrNO. The Morgan fingerprint density at radius 3 is 2.44 bits per heavy atom. The van der Waals surface area contributed by atoms with Crippen LogP contribution >= 0.6 is 15.9 Å². The van der Waals surface area contributed by atoms with Gasteiger partial charge in [-0.25, -0.2) is 0 Å². The number of phenolic OH excluding ortho intramolecular Hbond substituents is 1. The molecule has 0 saturated carbocycles.